The SMILES string of the molecule is CC(=O)c1cccc(-c2ccc(OCc3nnc(SC4CCCC4)n3-c3cccnc3)cc2)c1. The molecule has 0 atom stereocenters. The Kier molecular flexibility index (Phi) is 6.72. The number of carbonyl (C=O) groups is 1. The maximum atomic E-state index is 11.7. The van der Waals surface area contributed by atoms with Crippen LogP contribution < -0.4 is 4.74 Å². The third-order valence-electron chi connectivity index (χ3n) is 6.00. The Morgan fingerprint density at radius 3 is 2.59 bits per heavy atom. The fraction of sp³-hybridized carbons (Fsp3) is 0.259. The molecule has 0 bridgehead atoms. The van der Waals surface area contributed by atoms with E-state index in [1.807, 2.05) is 66.9 Å². The van der Waals surface area contributed by atoms with E-state index < -0.39 is 0 Å². The number of carbonyl (C=O) groups excluding carboxylic acids is 1. The predicted molar refractivity (Wildman–Crippen MR) is 133 cm³/mol. The van der Waals surface area contributed by atoms with Gasteiger partial charge in [0.2, 0.25) is 0 Å². The summed E-state index contributed by atoms with van der Waals surface area (Å²) in [5.74, 6) is 1.55. The van der Waals surface area contributed by atoms with Crippen molar-refractivity contribution in [3.8, 4) is 22.6 Å². The van der Waals surface area contributed by atoms with Gasteiger partial charge in [-0.15, -0.1) is 10.2 Å². The first kappa shape index (κ1) is 22.3. The lowest BCUT2D eigenvalue weighted by molar-refractivity contribution is 0.101. The van der Waals surface area contributed by atoms with E-state index in [0.717, 1.165) is 33.5 Å². The van der Waals surface area contributed by atoms with Crippen molar-refractivity contribution in [2.45, 2.75) is 49.6 Å². The minimum absolute atomic E-state index is 0.0602. The van der Waals surface area contributed by atoms with E-state index >= 15 is 0 Å². The molecule has 1 aliphatic rings. The Bertz CT molecular complexity index is 1270. The molecule has 1 fully saturated rings. The number of Topliss-reactive ketones (excluding diaryl/α,β-unsaturated/α-hetero) is 1. The van der Waals surface area contributed by atoms with E-state index in [4.69, 9.17) is 4.74 Å². The number of aromatic nitrogens is 4. The van der Waals surface area contributed by atoms with Crippen LogP contribution in [0.25, 0.3) is 16.8 Å². The molecule has 0 N–H and O–H groups in total. The minimum Gasteiger partial charge on any atom is -0.486 e. The first-order chi connectivity index (χ1) is 16.7. The number of thioether (sulfide) groups is 1. The summed E-state index contributed by atoms with van der Waals surface area (Å²) in [5, 5.41) is 10.4. The first-order valence-electron chi connectivity index (χ1n) is 11.5. The van der Waals surface area contributed by atoms with Crippen molar-refractivity contribution < 1.29 is 9.53 Å². The first-order valence-corrected chi connectivity index (χ1v) is 12.4. The third kappa shape index (κ3) is 5.04. The maximum absolute atomic E-state index is 11.7. The second kappa shape index (κ2) is 10.2. The van der Waals surface area contributed by atoms with Gasteiger partial charge >= 0.3 is 0 Å². The lowest BCUT2D eigenvalue weighted by atomic mass is 10.0. The number of ketones is 1. The Hall–Kier alpha value is -3.45. The van der Waals surface area contributed by atoms with E-state index in [2.05, 4.69) is 19.7 Å². The molecule has 5 rings (SSSR count). The van der Waals surface area contributed by atoms with Crippen LogP contribution in [-0.4, -0.2) is 30.8 Å². The van der Waals surface area contributed by atoms with Crippen LogP contribution in [0.3, 0.4) is 0 Å². The number of hydrogen-bond donors (Lipinski definition) is 0. The standard InChI is InChI=1S/C27H26N4O2S/c1-19(32)21-6-4-7-22(16-21)20-11-13-24(14-12-20)33-18-26-29-30-27(34-25-9-2-3-10-25)31(26)23-8-5-15-28-17-23/h4-8,11-17,25H,2-3,9-10,18H2,1H3. The highest BCUT2D eigenvalue weighted by molar-refractivity contribution is 7.99. The number of hydrogen-bond acceptors (Lipinski definition) is 6. The molecule has 0 radical (unpaired) electrons. The van der Waals surface area contributed by atoms with Gasteiger partial charge in [-0.05, 0) is 61.2 Å². The van der Waals surface area contributed by atoms with Crippen LogP contribution in [0, 0.1) is 0 Å². The van der Waals surface area contributed by atoms with Gasteiger partial charge in [0.1, 0.15) is 12.4 Å². The molecular weight excluding hydrogens is 444 g/mol. The van der Waals surface area contributed by atoms with Crippen molar-refractivity contribution in [1.82, 2.24) is 19.7 Å². The van der Waals surface area contributed by atoms with Gasteiger partial charge in [0.25, 0.3) is 0 Å². The van der Waals surface area contributed by atoms with E-state index in [1.165, 1.54) is 25.7 Å². The molecule has 1 saturated carbocycles. The van der Waals surface area contributed by atoms with Crippen LogP contribution in [0.1, 0.15) is 48.8 Å². The molecule has 2 aromatic carbocycles. The van der Waals surface area contributed by atoms with Crippen LogP contribution in [-0.2, 0) is 6.61 Å². The lowest BCUT2D eigenvalue weighted by Crippen LogP contribution is -2.08. The normalized spacial score (nSPS) is 13.8. The zero-order valence-corrected chi connectivity index (χ0v) is 19.9. The summed E-state index contributed by atoms with van der Waals surface area (Å²) in [5.41, 5.74) is 3.68. The zero-order valence-electron chi connectivity index (χ0n) is 19.1. The molecule has 172 valence electrons. The summed E-state index contributed by atoms with van der Waals surface area (Å²) >= 11 is 1.80. The second-order valence-electron chi connectivity index (χ2n) is 8.42. The van der Waals surface area contributed by atoms with Crippen molar-refractivity contribution >= 4 is 17.5 Å². The summed E-state index contributed by atoms with van der Waals surface area (Å²) < 4.78 is 8.14. The van der Waals surface area contributed by atoms with E-state index in [-0.39, 0.29) is 5.78 Å². The smallest absolute Gasteiger partial charge is 0.196 e. The average Bonchev–Trinajstić information content (AvgIpc) is 3.54. The van der Waals surface area contributed by atoms with Crippen molar-refractivity contribution in [2.75, 3.05) is 0 Å². The Labute approximate surface area is 203 Å². The molecule has 7 heteroatoms. The van der Waals surface area contributed by atoms with Gasteiger partial charge in [-0.25, -0.2) is 0 Å². The maximum Gasteiger partial charge on any atom is 0.196 e. The highest BCUT2D eigenvalue weighted by Crippen LogP contribution is 2.35. The van der Waals surface area contributed by atoms with Crippen molar-refractivity contribution in [3.63, 3.8) is 0 Å². The van der Waals surface area contributed by atoms with Gasteiger partial charge in [-0.1, -0.05) is 54.9 Å². The largest absolute Gasteiger partial charge is 0.486 e. The van der Waals surface area contributed by atoms with E-state index in [1.54, 1.807) is 24.9 Å². The molecule has 0 saturated heterocycles. The van der Waals surface area contributed by atoms with Crippen LogP contribution in [0.4, 0.5) is 0 Å². The summed E-state index contributed by atoms with van der Waals surface area (Å²) in [7, 11) is 0. The van der Waals surface area contributed by atoms with Crippen molar-refractivity contribution in [3.05, 3.63) is 84.4 Å². The topological polar surface area (TPSA) is 69.9 Å². The molecule has 0 spiro atoms. The zero-order chi connectivity index (χ0) is 23.3. The molecule has 0 unspecified atom stereocenters. The number of rotatable bonds is 8. The number of benzene rings is 2. The van der Waals surface area contributed by atoms with Gasteiger partial charge < -0.3 is 4.74 Å². The highest BCUT2D eigenvalue weighted by atomic mass is 32.2. The molecule has 2 aromatic heterocycles. The molecule has 0 aliphatic heterocycles. The fourth-order valence-corrected chi connectivity index (χ4v) is 5.45. The average molecular weight is 471 g/mol. The molecule has 0 amide bonds. The van der Waals surface area contributed by atoms with Gasteiger partial charge in [0.15, 0.2) is 16.8 Å². The Balaban J connectivity index is 1.33. The number of pyridine rings is 1. The minimum atomic E-state index is 0.0602. The van der Waals surface area contributed by atoms with Crippen LogP contribution >= 0.6 is 11.8 Å². The molecule has 34 heavy (non-hydrogen) atoms. The summed E-state index contributed by atoms with van der Waals surface area (Å²) in [6.45, 7) is 1.88. The summed E-state index contributed by atoms with van der Waals surface area (Å²) in [4.78, 5) is 16.0. The predicted octanol–water partition coefficient (Wildman–Crippen LogP) is 6.15. The van der Waals surface area contributed by atoms with Gasteiger partial charge in [0.05, 0.1) is 11.9 Å². The lowest BCUT2D eigenvalue weighted by Gasteiger charge is -2.13. The number of nitrogens with zero attached hydrogens (tertiary/aromatic N) is 4. The molecule has 6 nitrogen and oxygen atoms in total. The summed E-state index contributed by atoms with van der Waals surface area (Å²) in [6, 6.07) is 19.5. The Morgan fingerprint density at radius 2 is 1.85 bits per heavy atom. The van der Waals surface area contributed by atoms with Crippen LogP contribution in [0.15, 0.2) is 78.2 Å². The van der Waals surface area contributed by atoms with Gasteiger partial charge in [-0.3, -0.25) is 14.3 Å². The second-order valence-corrected chi connectivity index (χ2v) is 9.69. The number of ether oxygens (including phenoxy) is 1. The monoisotopic (exact) mass is 470 g/mol. The van der Waals surface area contributed by atoms with Gasteiger partial charge in [0, 0.05) is 17.0 Å². The third-order valence-corrected chi connectivity index (χ3v) is 7.28. The van der Waals surface area contributed by atoms with Crippen LogP contribution in [0.2, 0.25) is 0 Å². The molecular formula is C27H26N4O2S. The molecule has 1 aliphatic carbocycles. The molecule has 4 aromatic rings. The fourth-order valence-electron chi connectivity index (χ4n) is 4.18. The van der Waals surface area contributed by atoms with Gasteiger partial charge in [-0.2, -0.15) is 0 Å². The Morgan fingerprint density at radius 1 is 1.03 bits per heavy atom. The highest BCUT2D eigenvalue weighted by Gasteiger charge is 2.22. The van der Waals surface area contributed by atoms with Crippen molar-refractivity contribution in [2.24, 2.45) is 0 Å². The molecule has 2 heterocycles. The van der Waals surface area contributed by atoms with Crippen LogP contribution in [0.5, 0.6) is 5.75 Å². The van der Waals surface area contributed by atoms with Crippen molar-refractivity contribution in [1.29, 1.82) is 0 Å². The van der Waals surface area contributed by atoms with E-state index in [0.29, 0.717) is 17.4 Å². The quantitative estimate of drug-likeness (QED) is 0.288. The van der Waals surface area contributed by atoms with E-state index in [9.17, 15) is 4.79 Å². The summed E-state index contributed by atoms with van der Waals surface area (Å²) in [6.07, 6.45) is 8.60.